The third-order valence-electron chi connectivity index (χ3n) is 3.54. The topological polar surface area (TPSA) is 79.6 Å². The molecule has 0 aliphatic heterocycles. The number of rotatable bonds is 3. The molecule has 0 amide bonds. The van der Waals surface area contributed by atoms with Crippen LogP contribution in [0.1, 0.15) is 32.6 Å². The molecule has 21 heavy (non-hydrogen) atoms. The lowest BCUT2D eigenvalue weighted by molar-refractivity contribution is -0.383. The predicted molar refractivity (Wildman–Crippen MR) is 87.5 cm³/mol. The fourth-order valence-electron chi connectivity index (χ4n) is 2.35. The number of nitrogens with one attached hydrogen (secondary N) is 2. The molecule has 0 saturated heterocycles. The Labute approximate surface area is 128 Å². The van der Waals surface area contributed by atoms with Crippen LogP contribution in [-0.2, 0) is 0 Å². The summed E-state index contributed by atoms with van der Waals surface area (Å²) in [5, 5.41) is 18.3. The number of hydrogen-bond acceptors (Lipinski definition) is 4. The lowest BCUT2D eigenvalue weighted by Gasteiger charge is -2.20. The van der Waals surface area contributed by atoms with Crippen molar-refractivity contribution in [1.82, 2.24) is 5.43 Å². The van der Waals surface area contributed by atoms with Crippen LogP contribution in [0.4, 0.5) is 11.4 Å². The summed E-state index contributed by atoms with van der Waals surface area (Å²) in [6, 6.07) is 6.37. The molecule has 1 atom stereocenters. The highest BCUT2D eigenvalue weighted by Gasteiger charge is 2.16. The molecule has 1 aliphatic rings. The number of nitrogens with zero attached hydrogens (tertiary/aromatic N) is 2. The van der Waals surface area contributed by atoms with E-state index in [4.69, 9.17) is 12.2 Å². The minimum absolute atomic E-state index is 0.0136. The van der Waals surface area contributed by atoms with E-state index in [9.17, 15) is 10.1 Å². The summed E-state index contributed by atoms with van der Waals surface area (Å²) in [5.41, 5.74) is 4.23. The molecule has 0 heterocycles. The molecule has 0 bridgehead atoms. The van der Waals surface area contributed by atoms with Gasteiger partial charge in [0.1, 0.15) is 5.69 Å². The van der Waals surface area contributed by atoms with Crippen molar-refractivity contribution in [2.45, 2.75) is 32.6 Å². The number of thiocarbonyl (C=S) groups is 1. The van der Waals surface area contributed by atoms with Crippen LogP contribution < -0.4 is 10.7 Å². The van der Waals surface area contributed by atoms with Crippen molar-refractivity contribution in [1.29, 1.82) is 0 Å². The Morgan fingerprint density at radius 2 is 2.19 bits per heavy atom. The molecule has 112 valence electrons. The van der Waals surface area contributed by atoms with Crippen LogP contribution in [0.5, 0.6) is 0 Å². The van der Waals surface area contributed by atoms with Crippen molar-refractivity contribution in [3.8, 4) is 0 Å². The van der Waals surface area contributed by atoms with Crippen LogP contribution in [0, 0.1) is 16.0 Å². The van der Waals surface area contributed by atoms with Gasteiger partial charge in [-0.3, -0.25) is 15.5 Å². The molecule has 6 nitrogen and oxygen atoms in total. The van der Waals surface area contributed by atoms with Gasteiger partial charge in [0, 0.05) is 11.8 Å². The fourth-order valence-corrected chi connectivity index (χ4v) is 2.50. The van der Waals surface area contributed by atoms with Gasteiger partial charge in [-0.25, -0.2) is 0 Å². The highest BCUT2D eigenvalue weighted by atomic mass is 32.1. The summed E-state index contributed by atoms with van der Waals surface area (Å²) in [6.07, 6.45) is 4.50. The molecule has 1 saturated carbocycles. The Morgan fingerprint density at radius 3 is 2.90 bits per heavy atom. The molecule has 1 aromatic rings. The van der Waals surface area contributed by atoms with E-state index in [1.807, 2.05) is 0 Å². The smallest absolute Gasteiger partial charge is 0.292 e. The summed E-state index contributed by atoms with van der Waals surface area (Å²) in [5.74, 6) is 0.458. The minimum Gasteiger partial charge on any atom is -0.326 e. The Bertz CT molecular complexity index is 574. The Morgan fingerprint density at radius 1 is 1.43 bits per heavy atom. The second-order valence-electron chi connectivity index (χ2n) is 5.09. The Balaban J connectivity index is 1.99. The zero-order chi connectivity index (χ0) is 15.2. The first-order valence-corrected chi connectivity index (χ1v) is 7.35. The van der Waals surface area contributed by atoms with E-state index < -0.39 is 4.92 Å². The summed E-state index contributed by atoms with van der Waals surface area (Å²) < 4.78 is 0. The zero-order valence-electron chi connectivity index (χ0n) is 11.8. The van der Waals surface area contributed by atoms with Gasteiger partial charge in [0.05, 0.1) is 4.92 Å². The lowest BCUT2D eigenvalue weighted by Crippen LogP contribution is -2.27. The van der Waals surface area contributed by atoms with Gasteiger partial charge in [-0.05, 0) is 43.5 Å². The second kappa shape index (κ2) is 7.12. The quantitative estimate of drug-likeness (QED) is 0.508. The van der Waals surface area contributed by atoms with E-state index in [-0.39, 0.29) is 10.8 Å². The Kier molecular flexibility index (Phi) is 5.21. The molecule has 0 radical (unpaired) electrons. The van der Waals surface area contributed by atoms with Crippen molar-refractivity contribution in [2.75, 3.05) is 5.32 Å². The van der Waals surface area contributed by atoms with Gasteiger partial charge in [-0.15, -0.1) is 0 Å². The van der Waals surface area contributed by atoms with Crippen molar-refractivity contribution in [2.24, 2.45) is 11.0 Å². The third-order valence-corrected chi connectivity index (χ3v) is 3.73. The number of benzene rings is 1. The molecule has 7 heteroatoms. The molecule has 1 aromatic carbocycles. The molecule has 1 fully saturated rings. The monoisotopic (exact) mass is 306 g/mol. The minimum atomic E-state index is -0.444. The fraction of sp³-hybridized carbons (Fsp3) is 0.429. The van der Waals surface area contributed by atoms with Gasteiger partial charge in [0.2, 0.25) is 0 Å². The standard InChI is InChI=1S/C14H18N4O2S/c1-10-6-2-3-7-11(10)16-17-14(21)15-12-8-4-5-9-13(12)18(19)20/h4-5,8-10H,2-3,6-7H2,1H3,(H2,15,17,21)/b16-11-/t10-/m1/s1. The van der Waals surface area contributed by atoms with E-state index in [2.05, 4.69) is 22.8 Å². The maximum absolute atomic E-state index is 10.9. The highest BCUT2D eigenvalue weighted by Crippen LogP contribution is 2.23. The SMILES string of the molecule is C[C@@H]1CCCC/C1=N/NC(=S)Nc1ccccc1[N+](=O)[O-]. The van der Waals surface area contributed by atoms with Gasteiger partial charge in [0.25, 0.3) is 5.69 Å². The number of nitro benzene ring substituents is 1. The molecule has 0 spiro atoms. The molecule has 2 rings (SSSR count). The average molecular weight is 306 g/mol. The zero-order valence-corrected chi connectivity index (χ0v) is 12.7. The van der Waals surface area contributed by atoms with Crippen molar-refractivity contribution in [3.05, 3.63) is 34.4 Å². The molecule has 2 N–H and O–H groups in total. The first-order chi connectivity index (χ1) is 10.1. The summed E-state index contributed by atoms with van der Waals surface area (Å²) >= 11 is 5.14. The summed E-state index contributed by atoms with van der Waals surface area (Å²) in [4.78, 5) is 10.5. The van der Waals surface area contributed by atoms with Crippen LogP contribution in [0.25, 0.3) is 0 Å². The van der Waals surface area contributed by atoms with Gasteiger partial charge >= 0.3 is 0 Å². The van der Waals surface area contributed by atoms with Crippen LogP contribution >= 0.6 is 12.2 Å². The Hall–Kier alpha value is -2.02. The summed E-state index contributed by atoms with van der Waals surface area (Å²) in [6.45, 7) is 2.15. The van der Waals surface area contributed by atoms with Crippen molar-refractivity contribution in [3.63, 3.8) is 0 Å². The number of nitro groups is 1. The first kappa shape index (κ1) is 15.4. The van der Waals surface area contributed by atoms with Crippen LogP contribution in [-0.4, -0.2) is 15.7 Å². The van der Waals surface area contributed by atoms with E-state index >= 15 is 0 Å². The number of anilines is 1. The maximum Gasteiger partial charge on any atom is 0.292 e. The summed E-state index contributed by atoms with van der Waals surface area (Å²) in [7, 11) is 0. The lowest BCUT2D eigenvalue weighted by atomic mass is 9.89. The molecular weight excluding hydrogens is 288 g/mol. The molecule has 0 aromatic heterocycles. The number of para-hydroxylation sites is 2. The van der Waals surface area contributed by atoms with E-state index in [1.165, 1.54) is 12.5 Å². The van der Waals surface area contributed by atoms with Gasteiger partial charge in [-0.1, -0.05) is 25.5 Å². The number of hydrazone groups is 1. The molecule has 1 aliphatic carbocycles. The predicted octanol–water partition coefficient (Wildman–Crippen LogP) is 3.45. The van der Waals surface area contributed by atoms with Gasteiger partial charge < -0.3 is 5.32 Å². The largest absolute Gasteiger partial charge is 0.326 e. The van der Waals surface area contributed by atoms with E-state index in [0.29, 0.717) is 11.6 Å². The third kappa shape index (κ3) is 4.22. The molecule has 0 unspecified atom stereocenters. The second-order valence-corrected chi connectivity index (χ2v) is 5.50. The molecular formula is C14H18N4O2S. The van der Waals surface area contributed by atoms with Crippen molar-refractivity contribution >= 4 is 34.4 Å². The average Bonchev–Trinajstić information content (AvgIpc) is 2.47. The maximum atomic E-state index is 10.9. The van der Waals surface area contributed by atoms with Crippen LogP contribution in [0.3, 0.4) is 0 Å². The normalized spacial score (nSPS) is 20.0. The van der Waals surface area contributed by atoms with E-state index in [0.717, 1.165) is 25.0 Å². The van der Waals surface area contributed by atoms with Crippen LogP contribution in [0.2, 0.25) is 0 Å². The highest BCUT2D eigenvalue weighted by molar-refractivity contribution is 7.80. The van der Waals surface area contributed by atoms with Crippen LogP contribution in [0.15, 0.2) is 29.4 Å². The van der Waals surface area contributed by atoms with E-state index in [1.54, 1.807) is 18.2 Å². The number of hydrogen-bond donors (Lipinski definition) is 2. The first-order valence-electron chi connectivity index (χ1n) is 6.95. The van der Waals surface area contributed by atoms with Crippen molar-refractivity contribution < 1.29 is 4.92 Å². The van der Waals surface area contributed by atoms with Gasteiger partial charge in [0.15, 0.2) is 5.11 Å². The van der Waals surface area contributed by atoms with Gasteiger partial charge in [-0.2, -0.15) is 5.10 Å².